The molecule has 2 aromatic rings. The van der Waals surface area contributed by atoms with Crippen LogP contribution in [0, 0.1) is 0 Å². The van der Waals surface area contributed by atoms with Crippen LogP contribution in [0.5, 0.6) is 11.5 Å². The van der Waals surface area contributed by atoms with E-state index in [0.29, 0.717) is 25.3 Å². The van der Waals surface area contributed by atoms with Gasteiger partial charge in [-0.15, -0.1) is 6.58 Å². The maximum absolute atomic E-state index is 13.2. The normalized spacial score (nSPS) is 21.0. The van der Waals surface area contributed by atoms with Gasteiger partial charge in [0.25, 0.3) is 0 Å². The van der Waals surface area contributed by atoms with Crippen molar-refractivity contribution in [3.05, 3.63) is 42.2 Å². The molecule has 1 fully saturated rings. The van der Waals surface area contributed by atoms with Gasteiger partial charge in [-0.25, -0.2) is 0 Å². The first-order valence-electron chi connectivity index (χ1n) is 9.76. The van der Waals surface area contributed by atoms with Crippen molar-refractivity contribution in [2.45, 2.75) is 31.8 Å². The second kappa shape index (κ2) is 6.98. The van der Waals surface area contributed by atoms with Gasteiger partial charge in [-0.3, -0.25) is 9.69 Å². The highest BCUT2D eigenvalue weighted by atomic mass is 16.7. The number of hydrogen-bond donors (Lipinski definition) is 0. The number of benzene rings is 1. The molecular formula is C21H23N3O4. The number of ether oxygens (including phenoxy) is 2. The molecule has 0 unspecified atom stereocenters. The molecule has 28 heavy (non-hydrogen) atoms. The Morgan fingerprint density at radius 3 is 3.07 bits per heavy atom. The first kappa shape index (κ1) is 17.3. The Morgan fingerprint density at radius 1 is 1.29 bits per heavy atom. The van der Waals surface area contributed by atoms with Gasteiger partial charge in [0.2, 0.25) is 12.7 Å². The smallest absolute Gasteiger partial charge is 0.240 e. The summed E-state index contributed by atoms with van der Waals surface area (Å²) in [6.45, 7) is 6.96. The molecule has 1 saturated heterocycles. The van der Waals surface area contributed by atoms with E-state index < -0.39 is 0 Å². The van der Waals surface area contributed by atoms with Crippen molar-refractivity contribution >= 4 is 5.91 Å². The van der Waals surface area contributed by atoms with E-state index in [4.69, 9.17) is 14.0 Å². The van der Waals surface area contributed by atoms with E-state index in [1.165, 1.54) is 0 Å². The quantitative estimate of drug-likeness (QED) is 0.759. The van der Waals surface area contributed by atoms with Gasteiger partial charge in [-0.1, -0.05) is 11.2 Å². The van der Waals surface area contributed by atoms with Crippen molar-refractivity contribution in [3.8, 4) is 22.8 Å². The fraction of sp³-hybridized carbons (Fsp3) is 0.429. The van der Waals surface area contributed by atoms with Gasteiger partial charge in [-0.05, 0) is 37.6 Å². The van der Waals surface area contributed by atoms with E-state index in [1.54, 1.807) is 0 Å². The van der Waals surface area contributed by atoms with Crippen molar-refractivity contribution in [2.24, 2.45) is 0 Å². The fourth-order valence-electron chi connectivity index (χ4n) is 4.37. The summed E-state index contributed by atoms with van der Waals surface area (Å²) in [4.78, 5) is 17.3. The zero-order valence-electron chi connectivity index (χ0n) is 15.7. The molecular weight excluding hydrogens is 358 g/mol. The molecule has 5 rings (SSSR count). The van der Waals surface area contributed by atoms with Crippen molar-refractivity contribution in [3.63, 3.8) is 0 Å². The molecule has 0 radical (unpaired) electrons. The lowest BCUT2D eigenvalue weighted by Crippen LogP contribution is -2.47. The predicted octanol–water partition coefficient (Wildman–Crippen LogP) is 2.61. The van der Waals surface area contributed by atoms with Gasteiger partial charge in [0.05, 0.1) is 12.6 Å². The Balaban J connectivity index is 1.39. The highest BCUT2D eigenvalue weighted by molar-refractivity contribution is 5.83. The molecule has 4 heterocycles. The van der Waals surface area contributed by atoms with Crippen LogP contribution in [0.2, 0.25) is 0 Å². The molecule has 7 heteroatoms. The number of carbonyl (C=O) groups is 1. The zero-order valence-corrected chi connectivity index (χ0v) is 15.7. The van der Waals surface area contributed by atoms with Crippen LogP contribution >= 0.6 is 0 Å². The zero-order chi connectivity index (χ0) is 19.1. The summed E-state index contributed by atoms with van der Waals surface area (Å²) in [6, 6.07) is 5.71. The number of amides is 1. The molecule has 0 bridgehead atoms. The molecule has 1 aromatic heterocycles. The molecule has 1 atom stereocenters. The maximum Gasteiger partial charge on any atom is 0.240 e. The predicted molar refractivity (Wildman–Crippen MR) is 102 cm³/mol. The van der Waals surface area contributed by atoms with Gasteiger partial charge < -0.3 is 18.9 Å². The largest absolute Gasteiger partial charge is 0.454 e. The summed E-state index contributed by atoms with van der Waals surface area (Å²) in [5, 5.41) is 4.30. The van der Waals surface area contributed by atoms with Gasteiger partial charge in [0.15, 0.2) is 11.5 Å². The second-order valence-corrected chi connectivity index (χ2v) is 7.45. The van der Waals surface area contributed by atoms with E-state index in [1.807, 2.05) is 29.2 Å². The van der Waals surface area contributed by atoms with E-state index in [-0.39, 0.29) is 18.7 Å². The summed E-state index contributed by atoms with van der Waals surface area (Å²) >= 11 is 0. The van der Waals surface area contributed by atoms with Crippen LogP contribution < -0.4 is 9.47 Å². The summed E-state index contributed by atoms with van der Waals surface area (Å²) in [7, 11) is 0. The molecule has 146 valence electrons. The fourth-order valence-corrected chi connectivity index (χ4v) is 4.37. The lowest BCUT2D eigenvalue weighted by Gasteiger charge is -2.31. The van der Waals surface area contributed by atoms with E-state index in [0.717, 1.165) is 54.3 Å². The summed E-state index contributed by atoms with van der Waals surface area (Å²) < 4.78 is 16.5. The Morgan fingerprint density at radius 2 is 2.18 bits per heavy atom. The maximum atomic E-state index is 13.2. The van der Waals surface area contributed by atoms with Gasteiger partial charge in [0.1, 0.15) is 11.5 Å². The first-order chi connectivity index (χ1) is 13.7. The Hall–Kier alpha value is -2.80. The third-order valence-electron chi connectivity index (χ3n) is 5.80. The average molecular weight is 381 g/mol. The lowest BCUT2D eigenvalue weighted by molar-refractivity contribution is -0.136. The number of fused-ring (bicyclic) bond motifs is 2. The molecule has 1 amide bonds. The van der Waals surface area contributed by atoms with Crippen LogP contribution in [0.25, 0.3) is 11.3 Å². The molecule has 3 aliphatic rings. The van der Waals surface area contributed by atoms with Gasteiger partial charge in [-0.2, -0.15) is 0 Å². The number of carbonyl (C=O) groups excluding carboxylic acids is 1. The number of nitrogens with zero attached hydrogens (tertiary/aromatic N) is 3. The minimum atomic E-state index is -0.0478. The van der Waals surface area contributed by atoms with Crippen LogP contribution in [0.15, 0.2) is 35.4 Å². The highest BCUT2D eigenvalue weighted by Gasteiger charge is 2.36. The monoisotopic (exact) mass is 381 g/mol. The molecule has 0 aliphatic carbocycles. The Bertz CT molecular complexity index is 922. The Kier molecular flexibility index (Phi) is 4.31. The van der Waals surface area contributed by atoms with Crippen molar-refractivity contribution in [1.29, 1.82) is 0 Å². The SMILES string of the molecule is C=CCN1CCC[C@H]1C(=O)N1CCc2onc(-c3ccc4c(c3)OCO4)c2C1. The van der Waals surface area contributed by atoms with Crippen LogP contribution in [0.3, 0.4) is 0 Å². The van der Waals surface area contributed by atoms with Crippen LogP contribution in [0.1, 0.15) is 24.2 Å². The standard InChI is InChI=1S/C21H23N3O4/c1-2-8-23-9-3-4-16(23)21(25)24-10-7-17-15(12-24)20(22-28-17)14-5-6-18-19(11-14)27-13-26-18/h2,5-6,11,16H,1,3-4,7-10,12-13H2/t16-/m0/s1. The molecule has 0 saturated carbocycles. The molecule has 1 aromatic carbocycles. The molecule has 0 spiro atoms. The summed E-state index contributed by atoms with van der Waals surface area (Å²) in [5.41, 5.74) is 2.68. The minimum Gasteiger partial charge on any atom is -0.454 e. The highest BCUT2D eigenvalue weighted by Crippen LogP contribution is 2.38. The third-order valence-corrected chi connectivity index (χ3v) is 5.80. The van der Waals surface area contributed by atoms with E-state index in [9.17, 15) is 4.79 Å². The number of rotatable bonds is 4. The number of hydrogen-bond acceptors (Lipinski definition) is 6. The van der Waals surface area contributed by atoms with E-state index >= 15 is 0 Å². The summed E-state index contributed by atoms with van der Waals surface area (Å²) in [6.07, 6.45) is 4.53. The van der Waals surface area contributed by atoms with Crippen molar-refractivity contribution in [2.75, 3.05) is 26.4 Å². The van der Waals surface area contributed by atoms with Gasteiger partial charge in [0, 0.05) is 30.6 Å². The van der Waals surface area contributed by atoms with Crippen molar-refractivity contribution < 1.29 is 18.8 Å². The van der Waals surface area contributed by atoms with Crippen LogP contribution in [-0.2, 0) is 17.8 Å². The number of likely N-dealkylation sites (tertiary alicyclic amines) is 1. The van der Waals surface area contributed by atoms with Crippen LogP contribution in [-0.4, -0.2) is 53.3 Å². The number of aromatic nitrogens is 1. The molecule has 7 nitrogen and oxygen atoms in total. The lowest BCUT2D eigenvalue weighted by atomic mass is 10.00. The summed E-state index contributed by atoms with van der Waals surface area (Å²) in [5.74, 6) is 2.51. The Labute approximate surface area is 163 Å². The van der Waals surface area contributed by atoms with Crippen molar-refractivity contribution in [1.82, 2.24) is 15.0 Å². The average Bonchev–Trinajstić information content (AvgIpc) is 3.45. The van der Waals surface area contributed by atoms with Gasteiger partial charge >= 0.3 is 0 Å². The molecule has 0 N–H and O–H groups in total. The van der Waals surface area contributed by atoms with Crippen LogP contribution in [0.4, 0.5) is 0 Å². The topological polar surface area (TPSA) is 68.0 Å². The van der Waals surface area contributed by atoms with E-state index in [2.05, 4.69) is 16.6 Å². The second-order valence-electron chi connectivity index (χ2n) is 7.45. The third kappa shape index (κ3) is 2.86. The minimum absolute atomic E-state index is 0.0478. The first-order valence-corrected chi connectivity index (χ1v) is 9.76. The molecule has 3 aliphatic heterocycles.